The minimum absolute atomic E-state index is 0.0867. The molecule has 1 aromatic carbocycles. The number of carbonyl (C=O) groups is 1. The van der Waals surface area contributed by atoms with Gasteiger partial charge in [0.25, 0.3) is 0 Å². The Labute approximate surface area is 129 Å². The number of aromatic nitrogens is 2. The Morgan fingerprint density at radius 3 is 2.09 bits per heavy atom. The minimum Gasteiger partial charge on any atom is -0.298 e. The number of aldehydes is 1. The molecule has 0 spiro atoms. The smallest absolute Gasteiger partial charge is 0.298 e. The number of hydrogen-bond donors (Lipinski definition) is 0. The summed E-state index contributed by atoms with van der Waals surface area (Å²) in [7, 11) is 0. The van der Waals surface area contributed by atoms with E-state index in [-0.39, 0.29) is 21.6 Å². The third kappa shape index (κ3) is 4.44. The van der Waals surface area contributed by atoms with Gasteiger partial charge in [0.1, 0.15) is 0 Å². The first-order valence-electron chi connectivity index (χ1n) is 5.85. The fourth-order valence-corrected chi connectivity index (χ4v) is 2.30. The van der Waals surface area contributed by atoms with Gasteiger partial charge in [-0.3, -0.25) is 4.79 Å². The van der Waals surface area contributed by atoms with Crippen LogP contribution < -0.4 is 0 Å². The van der Waals surface area contributed by atoms with Crippen molar-refractivity contribution < 1.29 is 31.1 Å². The molecule has 10 heteroatoms. The Kier molecular flexibility index (Phi) is 4.64. The Morgan fingerprint density at radius 2 is 1.61 bits per heavy atom. The van der Waals surface area contributed by atoms with Crippen molar-refractivity contribution >= 4 is 18.0 Å². The standard InChI is InChI=1S/C13H6F6N2OS/c14-12(15,16)11-20-4-8(5-21-11)10-2-1-9(3-7(10)6-22)23-13(17,18)19/h1-6H. The summed E-state index contributed by atoms with van der Waals surface area (Å²) in [5, 5.41) is 0. The zero-order chi connectivity index (χ0) is 17.3. The second-order valence-electron chi connectivity index (χ2n) is 4.21. The van der Waals surface area contributed by atoms with E-state index in [0.29, 0.717) is 6.29 Å². The van der Waals surface area contributed by atoms with Crippen LogP contribution in [0.1, 0.15) is 16.2 Å². The van der Waals surface area contributed by atoms with Crippen molar-refractivity contribution in [3.05, 3.63) is 42.0 Å². The summed E-state index contributed by atoms with van der Waals surface area (Å²) in [4.78, 5) is 17.1. The largest absolute Gasteiger partial charge is 0.451 e. The van der Waals surface area contributed by atoms with Gasteiger partial charge in [-0.2, -0.15) is 26.3 Å². The highest BCUT2D eigenvalue weighted by molar-refractivity contribution is 8.00. The van der Waals surface area contributed by atoms with Crippen LogP contribution in [-0.2, 0) is 6.18 Å². The summed E-state index contributed by atoms with van der Waals surface area (Å²) in [5.74, 6) is -1.35. The van der Waals surface area contributed by atoms with E-state index in [1.54, 1.807) is 0 Å². The Bertz CT molecular complexity index is 712. The lowest BCUT2D eigenvalue weighted by molar-refractivity contribution is -0.145. The minimum atomic E-state index is -4.71. The van der Waals surface area contributed by atoms with Crippen LogP contribution >= 0.6 is 11.8 Å². The monoisotopic (exact) mass is 352 g/mol. The predicted molar refractivity (Wildman–Crippen MR) is 69.8 cm³/mol. The highest BCUT2D eigenvalue weighted by Crippen LogP contribution is 2.38. The maximum Gasteiger partial charge on any atom is 0.451 e. The van der Waals surface area contributed by atoms with Gasteiger partial charge in [0, 0.05) is 28.4 Å². The lowest BCUT2D eigenvalue weighted by atomic mass is 10.0. The molecule has 1 aromatic heterocycles. The first kappa shape index (κ1) is 17.3. The van der Waals surface area contributed by atoms with Crippen LogP contribution in [0.3, 0.4) is 0 Å². The summed E-state index contributed by atoms with van der Waals surface area (Å²) in [5.41, 5.74) is -4.40. The van der Waals surface area contributed by atoms with Gasteiger partial charge in [0.05, 0.1) is 0 Å². The summed E-state index contributed by atoms with van der Waals surface area (Å²) in [6.45, 7) is 0. The van der Waals surface area contributed by atoms with Crippen LogP contribution in [0.15, 0.2) is 35.5 Å². The molecular weight excluding hydrogens is 346 g/mol. The molecule has 0 saturated heterocycles. The topological polar surface area (TPSA) is 42.9 Å². The van der Waals surface area contributed by atoms with Gasteiger partial charge in [0.15, 0.2) is 6.29 Å². The van der Waals surface area contributed by atoms with E-state index in [1.165, 1.54) is 6.07 Å². The quantitative estimate of drug-likeness (QED) is 0.460. The number of halogens is 6. The maximum absolute atomic E-state index is 12.4. The average molecular weight is 352 g/mol. The summed E-state index contributed by atoms with van der Waals surface area (Å²) in [6.07, 6.45) is -2.68. The normalized spacial score (nSPS) is 12.3. The van der Waals surface area contributed by atoms with E-state index >= 15 is 0 Å². The first-order chi connectivity index (χ1) is 10.6. The van der Waals surface area contributed by atoms with E-state index in [1.807, 2.05) is 0 Å². The summed E-state index contributed by atoms with van der Waals surface area (Å²) >= 11 is -0.399. The van der Waals surface area contributed by atoms with E-state index in [4.69, 9.17) is 0 Å². The molecule has 0 aliphatic rings. The number of benzene rings is 1. The number of carbonyl (C=O) groups excluding carboxylic acids is 1. The average Bonchev–Trinajstić information content (AvgIpc) is 2.44. The van der Waals surface area contributed by atoms with Crippen LogP contribution in [-0.4, -0.2) is 21.8 Å². The van der Waals surface area contributed by atoms with Crippen molar-refractivity contribution in [2.75, 3.05) is 0 Å². The fourth-order valence-electron chi connectivity index (χ4n) is 1.71. The van der Waals surface area contributed by atoms with E-state index in [0.717, 1.165) is 24.5 Å². The molecule has 0 aliphatic heterocycles. The second kappa shape index (κ2) is 6.19. The van der Waals surface area contributed by atoms with Crippen molar-refractivity contribution in [2.45, 2.75) is 16.6 Å². The second-order valence-corrected chi connectivity index (χ2v) is 5.35. The molecule has 0 radical (unpaired) electrons. The lowest BCUT2D eigenvalue weighted by Gasteiger charge is -2.10. The van der Waals surface area contributed by atoms with Gasteiger partial charge in [-0.25, -0.2) is 9.97 Å². The highest BCUT2D eigenvalue weighted by Gasteiger charge is 2.34. The van der Waals surface area contributed by atoms with Crippen LogP contribution in [0.25, 0.3) is 11.1 Å². The fraction of sp³-hybridized carbons (Fsp3) is 0.154. The molecule has 0 unspecified atom stereocenters. The zero-order valence-electron chi connectivity index (χ0n) is 10.9. The molecule has 0 saturated carbocycles. The van der Waals surface area contributed by atoms with E-state index < -0.39 is 29.3 Å². The number of thioether (sulfide) groups is 1. The number of rotatable bonds is 3. The summed E-state index contributed by atoms with van der Waals surface area (Å²) < 4.78 is 74.1. The molecule has 0 N–H and O–H groups in total. The zero-order valence-corrected chi connectivity index (χ0v) is 11.8. The van der Waals surface area contributed by atoms with Gasteiger partial charge in [0.2, 0.25) is 5.82 Å². The number of nitrogens with zero attached hydrogens (tertiary/aromatic N) is 2. The van der Waals surface area contributed by atoms with Crippen LogP contribution in [0.2, 0.25) is 0 Å². The molecule has 1 heterocycles. The molecule has 2 rings (SSSR count). The van der Waals surface area contributed by atoms with Crippen molar-refractivity contribution in [2.24, 2.45) is 0 Å². The molecule has 0 fully saturated rings. The molecule has 122 valence electrons. The van der Waals surface area contributed by atoms with Crippen molar-refractivity contribution in [3.8, 4) is 11.1 Å². The molecule has 0 bridgehead atoms. The molecule has 23 heavy (non-hydrogen) atoms. The Hall–Kier alpha value is -2.10. The number of alkyl halides is 6. The SMILES string of the molecule is O=Cc1cc(SC(F)(F)F)ccc1-c1cnc(C(F)(F)F)nc1. The Morgan fingerprint density at radius 1 is 1.00 bits per heavy atom. The van der Waals surface area contributed by atoms with Crippen LogP contribution in [0.4, 0.5) is 26.3 Å². The van der Waals surface area contributed by atoms with Gasteiger partial charge in [-0.15, -0.1) is 0 Å². The first-order valence-corrected chi connectivity index (χ1v) is 6.66. The highest BCUT2D eigenvalue weighted by atomic mass is 32.2. The molecule has 3 nitrogen and oxygen atoms in total. The van der Waals surface area contributed by atoms with Gasteiger partial charge >= 0.3 is 11.7 Å². The van der Waals surface area contributed by atoms with Crippen molar-refractivity contribution in [1.29, 1.82) is 0 Å². The van der Waals surface area contributed by atoms with Gasteiger partial charge < -0.3 is 0 Å². The molecular formula is C13H6F6N2OS. The van der Waals surface area contributed by atoms with Crippen molar-refractivity contribution in [3.63, 3.8) is 0 Å². The van der Waals surface area contributed by atoms with Gasteiger partial charge in [-0.05, 0) is 29.5 Å². The molecule has 0 amide bonds. The molecule has 2 aromatic rings. The summed E-state index contributed by atoms with van der Waals surface area (Å²) in [6, 6.07) is 3.31. The number of hydrogen-bond acceptors (Lipinski definition) is 4. The van der Waals surface area contributed by atoms with E-state index in [9.17, 15) is 31.1 Å². The van der Waals surface area contributed by atoms with Gasteiger partial charge in [-0.1, -0.05) is 6.07 Å². The Balaban J connectivity index is 2.38. The van der Waals surface area contributed by atoms with Crippen LogP contribution in [0.5, 0.6) is 0 Å². The molecule has 0 aliphatic carbocycles. The third-order valence-corrected chi connectivity index (χ3v) is 3.32. The predicted octanol–water partition coefficient (Wildman–Crippen LogP) is 4.59. The van der Waals surface area contributed by atoms with Crippen molar-refractivity contribution in [1.82, 2.24) is 9.97 Å². The van der Waals surface area contributed by atoms with E-state index in [2.05, 4.69) is 9.97 Å². The van der Waals surface area contributed by atoms with Crippen LogP contribution in [0, 0.1) is 0 Å². The molecule has 0 atom stereocenters. The third-order valence-electron chi connectivity index (χ3n) is 2.60. The lowest BCUT2D eigenvalue weighted by Crippen LogP contribution is -2.10. The maximum atomic E-state index is 12.4.